The molecule has 0 saturated heterocycles. The summed E-state index contributed by atoms with van der Waals surface area (Å²) in [6.45, 7) is -0.157. The van der Waals surface area contributed by atoms with Crippen LogP contribution < -0.4 is 11.1 Å². The van der Waals surface area contributed by atoms with Gasteiger partial charge in [-0.2, -0.15) is 8.78 Å². The van der Waals surface area contributed by atoms with Gasteiger partial charge >= 0.3 is 5.92 Å². The fourth-order valence-electron chi connectivity index (χ4n) is 1.92. The molecule has 4 N–H and O–H groups in total. The highest BCUT2D eigenvalue weighted by atomic mass is 19.3. The van der Waals surface area contributed by atoms with Crippen molar-refractivity contribution in [2.75, 3.05) is 5.73 Å². The second kappa shape index (κ2) is 4.73. The predicted octanol–water partition coefficient (Wildman–Crippen LogP) is 0.830. The quantitative estimate of drug-likeness (QED) is 0.757. The minimum absolute atomic E-state index is 0.0655. The molecule has 5 nitrogen and oxygen atoms in total. The highest BCUT2D eigenvalue weighted by molar-refractivity contribution is 5.85. The number of halogens is 2. The number of nitrogens with one attached hydrogen (secondary N) is 1. The molecule has 1 aromatic heterocycles. The van der Waals surface area contributed by atoms with E-state index < -0.39 is 17.4 Å². The molecule has 19 heavy (non-hydrogen) atoms. The standard InChI is InChI=1S/C12H15F2N3O2/c13-12(14,11(19)5-2-6-11)10(18)16-7-8-3-1-4-9(15)17-8/h1,3-4,19H,2,5-7H2,(H2,15,17)(H,16,18). The van der Waals surface area contributed by atoms with Crippen LogP contribution >= 0.6 is 0 Å². The van der Waals surface area contributed by atoms with Crippen LogP contribution in [0.5, 0.6) is 0 Å². The minimum Gasteiger partial charge on any atom is -0.384 e. The number of hydrogen-bond acceptors (Lipinski definition) is 4. The molecule has 104 valence electrons. The number of carbonyl (C=O) groups excluding carboxylic acids is 1. The van der Waals surface area contributed by atoms with E-state index >= 15 is 0 Å². The third-order valence-electron chi connectivity index (χ3n) is 3.31. The molecule has 1 aliphatic carbocycles. The molecule has 1 heterocycles. The van der Waals surface area contributed by atoms with Crippen molar-refractivity contribution in [2.24, 2.45) is 0 Å². The maximum absolute atomic E-state index is 13.7. The van der Waals surface area contributed by atoms with Gasteiger partial charge in [0, 0.05) is 0 Å². The molecule has 0 aliphatic heterocycles. The zero-order chi connectivity index (χ0) is 14.1. The van der Waals surface area contributed by atoms with Crippen LogP contribution in [-0.4, -0.2) is 27.5 Å². The normalized spacial score (nSPS) is 17.6. The Kier molecular flexibility index (Phi) is 3.40. The molecule has 7 heteroatoms. The van der Waals surface area contributed by atoms with Gasteiger partial charge in [0.25, 0.3) is 5.91 Å². The number of nitrogens with two attached hydrogens (primary N) is 1. The van der Waals surface area contributed by atoms with E-state index in [2.05, 4.69) is 10.3 Å². The lowest BCUT2D eigenvalue weighted by molar-refractivity contribution is -0.216. The Morgan fingerprint density at radius 3 is 2.74 bits per heavy atom. The summed E-state index contributed by atoms with van der Waals surface area (Å²) in [4.78, 5) is 15.4. The molecule has 0 atom stereocenters. The number of aliphatic hydroxyl groups is 1. The number of carbonyl (C=O) groups is 1. The van der Waals surface area contributed by atoms with Crippen molar-refractivity contribution < 1.29 is 18.7 Å². The van der Waals surface area contributed by atoms with E-state index in [1.54, 1.807) is 18.2 Å². The van der Waals surface area contributed by atoms with Crippen LogP contribution in [0.25, 0.3) is 0 Å². The van der Waals surface area contributed by atoms with Crippen molar-refractivity contribution in [3.05, 3.63) is 23.9 Å². The predicted molar refractivity (Wildman–Crippen MR) is 64.2 cm³/mol. The summed E-state index contributed by atoms with van der Waals surface area (Å²) in [7, 11) is 0. The number of nitrogens with zero attached hydrogens (tertiary/aromatic N) is 1. The first-order valence-electron chi connectivity index (χ1n) is 5.95. The molecule has 1 aliphatic rings. The zero-order valence-corrected chi connectivity index (χ0v) is 10.2. The molecular formula is C12H15F2N3O2. The molecule has 1 fully saturated rings. The topological polar surface area (TPSA) is 88.2 Å². The maximum atomic E-state index is 13.7. The Hall–Kier alpha value is -1.76. The summed E-state index contributed by atoms with van der Waals surface area (Å²) in [6, 6.07) is 4.73. The summed E-state index contributed by atoms with van der Waals surface area (Å²) in [5.41, 5.74) is 3.61. The number of anilines is 1. The summed E-state index contributed by atoms with van der Waals surface area (Å²) >= 11 is 0. The number of hydrogen-bond donors (Lipinski definition) is 3. The van der Waals surface area contributed by atoms with Crippen molar-refractivity contribution in [1.82, 2.24) is 10.3 Å². The molecule has 0 radical (unpaired) electrons. The molecule has 1 aromatic rings. The maximum Gasteiger partial charge on any atom is 0.352 e. The largest absolute Gasteiger partial charge is 0.384 e. The van der Waals surface area contributed by atoms with Crippen LogP contribution in [-0.2, 0) is 11.3 Å². The van der Waals surface area contributed by atoms with Crippen LogP contribution in [0.15, 0.2) is 18.2 Å². The van der Waals surface area contributed by atoms with Crippen LogP contribution in [0.3, 0.4) is 0 Å². The molecule has 1 amide bonds. The van der Waals surface area contributed by atoms with Crippen molar-refractivity contribution in [3.8, 4) is 0 Å². The van der Waals surface area contributed by atoms with Gasteiger partial charge in [-0.1, -0.05) is 6.07 Å². The van der Waals surface area contributed by atoms with Crippen molar-refractivity contribution in [1.29, 1.82) is 0 Å². The van der Waals surface area contributed by atoms with Gasteiger partial charge < -0.3 is 16.2 Å². The molecule has 0 unspecified atom stereocenters. The molecular weight excluding hydrogens is 256 g/mol. The van der Waals surface area contributed by atoms with Gasteiger partial charge in [0.1, 0.15) is 11.4 Å². The number of nitrogen functional groups attached to an aromatic ring is 1. The van der Waals surface area contributed by atoms with E-state index in [-0.39, 0.29) is 25.2 Å². The number of amides is 1. The Labute approximate surface area is 108 Å². The first-order valence-corrected chi connectivity index (χ1v) is 5.95. The third kappa shape index (κ3) is 2.51. The smallest absolute Gasteiger partial charge is 0.352 e. The Balaban J connectivity index is 1.98. The SMILES string of the molecule is Nc1cccc(CNC(=O)C(F)(F)C2(O)CCC2)n1. The zero-order valence-electron chi connectivity index (χ0n) is 10.2. The Bertz CT molecular complexity index is 490. The van der Waals surface area contributed by atoms with Gasteiger partial charge in [0.2, 0.25) is 0 Å². The monoisotopic (exact) mass is 271 g/mol. The molecule has 2 rings (SSSR count). The van der Waals surface area contributed by atoms with Gasteiger partial charge in [0.15, 0.2) is 0 Å². The second-order valence-electron chi connectivity index (χ2n) is 4.70. The average Bonchev–Trinajstić information content (AvgIpc) is 2.32. The van der Waals surface area contributed by atoms with Gasteiger partial charge in [-0.3, -0.25) is 4.79 Å². The summed E-state index contributed by atoms with van der Waals surface area (Å²) in [5, 5.41) is 11.7. The minimum atomic E-state index is -3.79. The fourth-order valence-corrected chi connectivity index (χ4v) is 1.92. The highest BCUT2D eigenvalue weighted by Crippen LogP contribution is 2.44. The number of alkyl halides is 2. The van der Waals surface area contributed by atoms with Gasteiger partial charge in [0.05, 0.1) is 12.2 Å². The van der Waals surface area contributed by atoms with Crippen LogP contribution in [0.1, 0.15) is 25.0 Å². The summed E-state index contributed by atoms with van der Waals surface area (Å²) in [5.74, 6) is -5.03. The molecule has 0 spiro atoms. The lowest BCUT2D eigenvalue weighted by atomic mass is 9.75. The third-order valence-corrected chi connectivity index (χ3v) is 3.31. The Morgan fingerprint density at radius 2 is 2.21 bits per heavy atom. The Morgan fingerprint density at radius 1 is 1.53 bits per heavy atom. The first-order chi connectivity index (χ1) is 8.85. The van der Waals surface area contributed by atoms with E-state index in [9.17, 15) is 18.7 Å². The van der Waals surface area contributed by atoms with E-state index in [4.69, 9.17) is 5.73 Å². The number of rotatable bonds is 4. The summed E-state index contributed by atoms with van der Waals surface area (Å²) in [6.07, 6.45) is 0.365. The highest BCUT2D eigenvalue weighted by Gasteiger charge is 2.61. The van der Waals surface area contributed by atoms with Gasteiger partial charge in [-0.25, -0.2) is 4.98 Å². The van der Waals surface area contributed by atoms with E-state index in [1.165, 1.54) is 0 Å². The van der Waals surface area contributed by atoms with E-state index in [1.807, 2.05) is 0 Å². The van der Waals surface area contributed by atoms with E-state index in [0.717, 1.165) is 0 Å². The molecule has 0 aromatic carbocycles. The first kappa shape index (κ1) is 13.7. The van der Waals surface area contributed by atoms with Crippen molar-refractivity contribution in [2.45, 2.75) is 37.3 Å². The van der Waals surface area contributed by atoms with Crippen molar-refractivity contribution >= 4 is 11.7 Å². The van der Waals surface area contributed by atoms with Crippen LogP contribution in [0.2, 0.25) is 0 Å². The van der Waals surface area contributed by atoms with Gasteiger partial charge in [-0.15, -0.1) is 0 Å². The lowest BCUT2D eigenvalue weighted by Gasteiger charge is -2.41. The molecule has 1 saturated carbocycles. The second-order valence-corrected chi connectivity index (χ2v) is 4.70. The van der Waals surface area contributed by atoms with Crippen LogP contribution in [0.4, 0.5) is 14.6 Å². The average molecular weight is 271 g/mol. The van der Waals surface area contributed by atoms with Crippen LogP contribution in [0, 0.1) is 0 Å². The number of aromatic nitrogens is 1. The fraction of sp³-hybridized carbons (Fsp3) is 0.500. The molecule has 0 bridgehead atoms. The van der Waals surface area contributed by atoms with Crippen molar-refractivity contribution in [3.63, 3.8) is 0 Å². The number of pyridine rings is 1. The van der Waals surface area contributed by atoms with Gasteiger partial charge in [-0.05, 0) is 31.4 Å². The summed E-state index contributed by atoms with van der Waals surface area (Å²) < 4.78 is 27.4. The van der Waals surface area contributed by atoms with E-state index in [0.29, 0.717) is 12.1 Å². The lowest BCUT2D eigenvalue weighted by Crippen LogP contribution is -2.60.